The molecule has 7 atom stereocenters. The average molecular weight is 599 g/mol. The van der Waals surface area contributed by atoms with Gasteiger partial charge in [0.15, 0.2) is 24.6 Å². The first-order valence-corrected chi connectivity index (χ1v) is 13.8. The summed E-state index contributed by atoms with van der Waals surface area (Å²) >= 11 is 0. The van der Waals surface area contributed by atoms with Crippen molar-refractivity contribution < 1.29 is 61.9 Å². The highest BCUT2D eigenvalue weighted by molar-refractivity contribution is 5.75. The van der Waals surface area contributed by atoms with Crippen LogP contribution in [0.25, 0.3) is 0 Å². The molecule has 0 aromatic heterocycles. The van der Waals surface area contributed by atoms with E-state index in [1.807, 2.05) is 13.8 Å². The summed E-state index contributed by atoms with van der Waals surface area (Å²) in [6.07, 6.45) is -7.41. The summed E-state index contributed by atoms with van der Waals surface area (Å²) in [5, 5.41) is 0. The van der Waals surface area contributed by atoms with Gasteiger partial charge in [-0.2, -0.15) is 0 Å². The van der Waals surface area contributed by atoms with Crippen LogP contribution in [0.5, 0.6) is 0 Å². The van der Waals surface area contributed by atoms with Crippen molar-refractivity contribution in [3.63, 3.8) is 0 Å². The van der Waals surface area contributed by atoms with Gasteiger partial charge in [-0.15, -0.1) is 0 Å². The molecular weight excluding hydrogens is 556 g/mol. The zero-order valence-corrected chi connectivity index (χ0v) is 25.7. The minimum absolute atomic E-state index is 0.0195. The molecule has 0 spiro atoms. The summed E-state index contributed by atoms with van der Waals surface area (Å²) in [4.78, 5) is 71.8. The molecule has 0 bridgehead atoms. The molecule has 0 N–H and O–H groups in total. The van der Waals surface area contributed by atoms with Crippen LogP contribution in [0.3, 0.4) is 0 Å². The lowest BCUT2D eigenvalue weighted by atomic mass is 9.69. The smallest absolute Gasteiger partial charge is 0.303 e. The molecule has 2 unspecified atom stereocenters. The first-order valence-electron chi connectivity index (χ1n) is 13.8. The summed E-state index contributed by atoms with van der Waals surface area (Å²) < 4.78 is 39.7. The molecule has 0 amide bonds. The molecule has 1 heterocycles. The van der Waals surface area contributed by atoms with Crippen LogP contribution < -0.4 is 0 Å². The van der Waals surface area contributed by atoms with Crippen LogP contribution in [0.4, 0.5) is 0 Å². The predicted octanol–water partition coefficient (Wildman–Crippen LogP) is 2.50. The molecule has 0 aromatic rings. The van der Waals surface area contributed by atoms with E-state index < -0.39 is 84.8 Å². The Balaban J connectivity index is 2.59. The third-order valence-corrected chi connectivity index (χ3v) is 7.05. The molecule has 13 heteroatoms. The van der Waals surface area contributed by atoms with Crippen molar-refractivity contribution in [1.82, 2.24) is 0 Å². The van der Waals surface area contributed by atoms with Crippen molar-refractivity contribution >= 4 is 35.6 Å². The Kier molecular flexibility index (Phi) is 12.2. The molecule has 42 heavy (non-hydrogen) atoms. The fraction of sp³-hybridized carbons (Fsp3) is 0.724. The minimum atomic E-state index is -1.43. The summed E-state index contributed by atoms with van der Waals surface area (Å²) in [5.41, 5.74) is 1.16. The van der Waals surface area contributed by atoms with E-state index in [4.69, 9.17) is 33.2 Å². The summed E-state index contributed by atoms with van der Waals surface area (Å²) in [5.74, 6) is -3.49. The number of carbonyl (C=O) groups excluding carboxylic acids is 6. The van der Waals surface area contributed by atoms with E-state index in [0.717, 1.165) is 26.3 Å². The Morgan fingerprint density at radius 3 is 1.79 bits per heavy atom. The maximum absolute atomic E-state index is 12.2. The van der Waals surface area contributed by atoms with Crippen LogP contribution in [-0.4, -0.2) is 85.2 Å². The van der Waals surface area contributed by atoms with E-state index in [9.17, 15) is 28.8 Å². The molecule has 2 rings (SSSR count). The molecule has 1 fully saturated rings. The zero-order valence-electron chi connectivity index (χ0n) is 25.7. The van der Waals surface area contributed by atoms with Gasteiger partial charge in [-0.25, -0.2) is 0 Å². The molecule has 0 saturated carbocycles. The van der Waals surface area contributed by atoms with Crippen LogP contribution in [0, 0.1) is 5.41 Å². The van der Waals surface area contributed by atoms with Crippen LogP contribution in [0.1, 0.15) is 81.6 Å². The Bertz CT molecular complexity index is 1090. The SMILES string of the molecule is CC(=O)CCC1=C(C)C(OC(C)=O)C(O[C@@H]2O[C@H](COC(C)=O)[C@@H](OC(C)=O)[C@H](OC(C)=O)[C@H]2OC(C)=O)CC1(C)C. The number of hydrogen-bond acceptors (Lipinski definition) is 13. The summed E-state index contributed by atoms with van der Waals surface area (Å²) in [6.45, 7) is 12.7. The van der Waals surface area contributed by atoms with Gasteiger partial charge < -0.3 is 38.0 Å². The third-order valence-electron chi connectivity index (χ3n) is 7.05. The van der Waals surface area contributed by atoms with Gasteiger partial charge in [0.2, 0.25) is 0 Å². The van der Waals surface area contributed by atoms with Gasteiger partial charge in [0, 0.05) is 41.0 Å². The number of allylic oxidation sites excluding steroid dienone is 1. The molecule has 1 aliphatic heterocycles. The number of carbonyl (C=O) groups is 6. The first kappa shape index (κ1) is 34.9. The van der Waals surface area contributed by atoms with Crippen LogP contribution in [0.2, 0.25) is 0 Å². The van der Waals surface area contributed by atoms with Crippen LogP contribution in [0.15, 0.2) is 11.1 Å². The number of hydrogen-bond donors (Lipinski definition) is 0. The lowest BCUT2D eigenvalue weighted by Crippen LogP contribution is -2.64. The highest BCUT2D eigenvalue weighted by Crippen LogP contribution is 2.45. The van der Waals surface area contributed by atoms with Gasteiger partial charge in [0.05, 0.1) is 0 Å². The zero-order chi connectivity index (χ0) is 31.9. The lowest BCUT2D eigenvalue weighted by molar-refractivity contribution is -0.323. The Morgan fingerprint density at radius 1 is 0.762 bits per heavy atom. The van der Waals surface area contributed by atoms with Crippen molar-refractivity contribution in [3.8, 4) is 0 Å². The van der Waals surface area contributed by atoms with E-state index in [1.165, 1.54) is 20.8 Å². The molecule has 1 aliphatic carbocycles. The molecule has 13 nitrogen and oxygen atoms in total. The molecule has 0 radical (unpaired) electrons. The quantitative estimate of drug-likeness (QED) is 0.193. The average Bonchev–Trinajstić information content (AvgIpc) is 2.82. The van der Waals surface area contributed by atoms with E-state index in [2.05, 4.69) is 0 Å². The Morgan fingerprint density at radius 2 is 1.29 bits per heavy atom. The predicted molar refractivity (Wildman–Crippen MR) is 143 cm³/mol. The monoisotopic (exact) mass is 598 g/mol. The number of esters is 5. The maximum atomic E-state index is 12.2. The van der Waals surface area contributed by atoms with Gasteiger partial charge in [-0.1, -0.05) is 19.4 Å². The topological polar surface area (TPSA) is 167 Å². The lowest BCUT2D eigenvalue weighted by Gasteiger charge is -2.48. The number of rotatable bonds is 11. The fourth-order valence-electron chi connectivity index (χ4n) is 5.49. The largest absolute Gasteiger partial charge is 0.463 e. The standard InChI is InChI=1S/C29H42O13/c1-14(30)10-11-21-15(2)24(37-17(4)32)22(12-29(21,8)9)41-28-27(40-20(7)35)26(39-19(6)34)25(38-18(5)33)23(42-28)13-36-16(3)31/h22-28H,10-13H2,1-9H3/t22?,23-,24?,25-,26+,27-,28-/m1/s1. The molecular formula is C29H42O13. The maximum Gasteiger partial charge on any atom is 0.303 e. The minimum Gasteiger partial charge on any atom is -0.463 e. The summed E-state index contributed by atoms with van der Waals surface area (Å²) in [6, 6.07) is 0. The molecule has 236 valence electrons. The Hall–Kier alpha value is -3.32. The molecule has 1 saturated heterocycles. The molecule has 2 aliphatic rings. The third kappa shape index (κ3) is 9.62. The van der Waals surface area contributed by atoms with Crippen molar-refractivity contribution in [2.45, 2.75) is 124 Å². The van der Waals surface area contributed by atoms with E-state index in [1.54, 1.807) is 6.92 Å². The van der Waals surface area contributed by atoms with E-state index in [-0.39, 0.29) is 5.78 Å². The van der Waals surface area contributed by atoms with Gasteiger partial charge >= 0.3 is 29.8 Å². The van der Waals surface area contributed by atoms with Crippen molar-refractivity contribution in [2.24, 2.45) is 5.41 Å². The van der Waals surface area contributed by atoms with E-state index >= 15 is 0 Å². The highest BCUT2D eigenvalue weighted by atomic mass is 16.7. The fourth-order valence-corrected chi connectivity index (χ4v) is 5.49. The summed E-state index contributed by atoms with van der Waals surface area (Å²) in [7, 11) is 0. The van der Waals surface area contributed by atoms with Crippen molar-refractivity contribution in [3.05, 3.63) is 11.1 Å². The number of Topliss-reactive ketones (excluding diaryl/α,β-unsaturated/α-hetero) is 1. The second-order valence-corrected chi connectivity index (χ2v) is 11.2. The van der Waals surface area contributed by atoms with Crippen LogP contribution in [-0.2, 0) is 61.9 Å². The van der Waals surface area contributed by atoms with Gasteiger partial charge in [0.25, 0.3) is 0 Å². The van der Waals surface area contributed by atoms with Gasteiger partial charge in [-0.3, -0.25) is 24.0 Å². The second-order valence-electron chi connectivity index (χ2n) is 11.2. The van der Waals surface area contributed by atoms with Crippen molar-refractivity contribution in [2.75, 3.05) is 6.61 Å². The Labute approximate surface area is 245 Å². The van der Waals surface area contributed by atoms with Gasteiger partial charge in [-0.05, 0) is 37.7 Å². The first-order chi connectivity index (χ1) is 19.4. The number of ketones is 1. The number of ether oxygens (including phenoxy) is 7. The normalized spacial score (nSPS) is 28.7. The molecule has 0 aromatic carbocycles. The van der Waals surface area contributed by atoms with E-state index in [0.29, 0.717) is 24.8 Å². The highest BCUT2D eigenvalue weighted by Gasteiger charge is 2.54. The van der Waals surface area contributed by atoms with Gasteiger partial charge in [0.1, 0.15) is 30.7 Å². The second kappa shape index (κ2) is 14.7. The van der Waals surface area contributed by atoms with Crippen LogP contribution >= 0.6 is 0 Å². The van der Waals surface area contributed by atoms with Crippen molar-refractivity contribution in [1.29, 1.82) is 0 Å².